The van der Waals surface area contributed by atoms with Gasteiger partial charge in [0.2, 0.25) is 11.8 Å². The Morgan fingerprint density at radius 2 is 1.90 bits per heavy atom. The number of piperazine rings is 1. The summed E-state index contributed by atoms with van der Waals surface area (Å²) >= 11 is 0. The number of carbonyl (C=O) groups excluding carboxylic acids is 3. The molecule has 0 unspecified atom stereocenters. The molecule has 2 N–H and O–H groups in total. The predicted molar refractivity (Wildman–Crippen MR) is 76.1 cm³/mol. The maximum atomic E-state index is 12.2. The van der Waals surface area contributed by atoms with E-state index in [1.165, 1.54) is 23.1 Å². The second kappa shape index (κ2) is 5.40. The number of aromatic hydroxyl groups is 1. The van der Waals surface area contributed by atoms with Crippen LogP contribution in [-0.2, 0) is 14.4 Å². The summed E-state index contributed by atoms with van der Waals surface area (Å²) in [7, 11) is 0. The zero-order chi connectivity index (χ0) is 15.6. The van der Waals surface area contributed by atoms with Gasteiger partial charge in [-0.15, -0.1) is 0 Å². The van der Waals surface area contributed by atoms with Crippen molar-refractivity contribution in [2.24, 2.45) is 0 Å². The number of rotatable bonds is 2. The minimum atomic E-state index is -1.08. The topological polar surface area (TPSA) is 86.7 Å². The van der Waals surface area contributed by atoms with Crippen molar-refractivity contribution in [2.75, 3.05) is 6.54 Å². The van der Waals surface area contributed by atoms with Crippen LogP contribution in [0.4, 0.5) is 0 Å². The van der Waals surface area contributed by atoms with Crippen molar-refractivity contribution >= 4 is 23.8 Å². The summed E-state index contributed by atoms with van der Waals surface area (Å²) in [5.74, 6) is -1.27. The van der Waals surface area contributed by atoms with Crippen molar-refractivity contribution in [1.82, 2.24) is 10.2 Å². The molecular weight excluding hydrogens is 272 g/mol. The van der Waals surface area contributed by atoms with Crippen LogP contribution in [0.5, 0.6) is 5.75 Å². The molecule has 1 fully saturated rings. The second-order valence-electron chi connectivity index (χ2n) is 5.29. The molecule has 1 heterocycles. The first-order valence-corrected chi connectivity index (χ1v) is 6.44. The maximum Gasteiger partial charge on any atom is 0.252 e. The van der Waals surface area contributed by atoms with E-state index in [4.69, 9.17) is 0 Å². The molecular formula is C15H16N2O4. The lowest BCUT2D eigenvalue weighted by Gasteiger charge is -2.39. The number of phenolic OH excluding ortho intramolecular Hbond substituents is 1. The van der Waals surface area contributed by atoms with Gasteiger partial charge in [-0.05, 0) is 37.6 Å². The van der Waals surface area contributed by atoms with E-state index >= 15 is 0 Å². The van der Waals surface area contributed by atoms with Crippen molar-refractivity contribution in [3.8, 4) is 5.75 Å². The third kappa shape index (κ3) is 3.10. The summed E-state index contributed by atoms with van der Waals surface area (Å²) in [6.07, 6.45) is 2.87. The molecule has 3 amide bonds. The van der Waals surface area contributed by atoms with Crippen LogP contribution >= 0.6 is 0 Å². The molecule has 2 rings (SSSR count). The highest BCUT2D eigenvalue weighted by Gasteiger charge is 2.42. The number of nitrogens with one attached hydrogen (secondary N) is 1. The number of carbonyl (C=O) groups is 3. The number of nitrogens with zero attached hydrogens (tertiary/aromatic N) is 1. The molecule has 21 heavy (non-hydrogen) atoms. The standard InChI is InChI=1S/C15H16N2O4/c1-15(2)14(21)16-12(19)9-17(15)13(20)8-5-10-3-6-11(18)7-4-10/h3-8,18H,9H2,1-2H3,(H,16,19,21). The van der Waals surface area contributed by atoms with Crippen LogP contribution in [0.3, 0.4) is 0 Å². The van der Waals surface area contributed by atoms with Gasteiger partial charge in [0, 0.05) is 6.08 Å². The first kappa shape index (κ1) is 14.8. The number of imide groups is 1. The molecule has 1 saturated heterocycles. The van der Waals surface area contributed by atoms with Crippen LogP contribution in [-0.4, -0.2) is 39.8 Å². The Hall–Kier alpha value is -2.63. The lowest BCUT2D eigenvalue weighted by atomic mass is 9.98. The summed E-state index contributed by atoms with van der Waals surface area (Å²) in [6, 6.07) is 6.31. The van der Waals surface area contributed by atoms with Gasteiger partial charge in [0.25, 0.3) is 5.91 Å². The van der Waals surface area contributed by atoms with E-state index in [0.29, 0.717) is 0 Å². The van der Waals surface area contributed by atoms with Gasteiger partial charge in [-0.25, -0.2) is 0 Å². The van der Waals surface area contributed by atoms with E-state index in [1.54, 1.807) is 32.1 Å². The molecule has 0 bridgehead atoms. The highest BCUT2D eigenvalue weighted by Crippen LogP contribution is 2.19. The van der Waals surface area contributed by atoms with Gasteiger partial charge in [-0.3, -0.25) is 19.7 Å². The fourth-order valence-electron chi connectivity index (χ4n) is 1.98. The first-order valence-electron chi connectivity index (χ1n) is 6.44. The lowest BCUT2D eigenvalue weighted by Crippen LogP contribution is -2.65. The largest absolute Gasteiger partial charge is 0.508 e. The van der Waals surface area contributed by atoms with Crippen LogP contribution < -0.4 is 5.32 Å². The van der Waals surface area contributed by atoms with E-state index in [1.807, 2.05) is 0 Å². The molecule has 0 aromatic heterocycles. The summed E-state index contributed by atoms with van der Waals surface area (Å²) in [4.78, 5) is 36.6. The zero-order valence-corrected chi connectivity index (χ0v) is 11.8. The number of phenols is 1. The van der Waals surface area contributed by atoms with Crippen molar-refractivity contribution in [1.29, 1.82) is 0 Å². The summed E-state index contributed by atoms with van der Waals surface area (Å²) in [6.45, 7) is 3.01. The lowest BCUT2D eigenvalue weighted by molar-refractivity contribution is -0.153. The number of hydrogen-bond acceptors (Lipinski definition) is 4. The first-order chi connectivity index (χ1) is 9.80. The third-order valence-corrected chi connectivity index (χ3v) is 3.36. The third-order valence-electron chi connectivity index (χ3n) is 3.36. The number of amides is 3. The van der Waals surface area contributed by atoms with E-state index in [-0.39, 0.29) is 12.3 Å². The molecule has 0 aliphatic carbocycles. The molecule has 0 atom stereocenters. The smallest absolute Gasteiger partial charge is 0.252 e. The second-order valence-corrected chi connectivity index (χ2v) is 5.29. The van der Waals surface area contributed by atoms with Gasteiger partial charge in [0.15, 0.2) is 0 Å². The minimum Gasteiger partial charge on any atom is -0.508 e. The fourth-order valence-corrected chi connectivity index (χ4v) is 1.98. The van der Waals surface area contributed by atoms with Crippen molar-refractivity contribution in [3.05, 3.63) is 35.9 Å². The summed E-state index contributed by atoms with van der Waals surface area (Å²) < 4.78 is 0. The van der Waals surface area contributed by atoms with Gasteiger partial charge < -0.3 is 10.0 Å². The number of hydrogen-bond donors (Lipinski definition) is 2. The van der Waals surface area contributed by atoms with Crippen molar-refractivity contribution in [3.63, 3.8) is 0 Å². The Kier molecular flexibility index (Phi) is 3.80. The number of benzene rings is 1. The Morgan fingerprint density at radius 3 is 2.52 bits per heavy atom. The monoisotopic (exact) mass is 288 g/mol. The van der Waals surface area contributed by atoms with Gasteiger partial charge >= 0.3 is 0 Å². The summed E-state index contributed by atoms with van der Waals surface area (Å²) in [5.41, 5.74) is -0.351. The Morgan fingerprint density at radius 1 is 1.29 bits per heavy atom. The van der Waals surface area contributed by atoms with Crippen LogP contribution in [0.1, 0.15) is 19.4 Å². The normalized spacial score (nSPS) is 17.9. The van der Waals surface area contributed by atoms with Crippen LogP contribution in [0, 0.1) is 0 Å². The molecule has 110 valence electrons. The molecule has 0 radical (unpaired) electrons. The molecule has 6 nitrogen and oxygen atoms in total. The van der Waals surface area contributed by atoms with Crippen LogP contribution in [0.2, 0.25) is 0 Å². The van der Waals surface area contributed by atoms with Crippen LogP contribution in [0.25, 0.3) is 6.08 Å². The van der Waals surface area contributed by atoms with Gasteiger partial charge in [-0.1, -0.05) is 12.1 Å². The highest BCUT2D eigenvalue weighted by molar-refractivity contribution is 6.08. The van der Waals surface area contributed by atoms with E-state index in [9.17, 15) is 19.5 Å². The van der Waals surface area contributed by atoms with Crippen LogP contribution in [0.15, 0.2) is 30.3 Å². The van der Waals surface area contributed by atoms with E-state index in [0.717, 1.165) is 5.56 Å². The van der Waals surface area contributed by atoms with Crippen molar-refractivity contribution < 1.29 is 19.5 Å². The predicted octanol–water partition coefficient (Wildman–Crippen LogP) is 0.669. The Bertz CT molecular complexity index is 617. The van der Waals surface area contributed by atoms with E-state index in [2.05, 4.69) is 5.32 Å². The quantitative estimate of drug-likeness (QED) is 0.618. The minimum absolute atomic E-state index is 0.137. The van der Waals surface area contributed by atoms with Gasteiger partial charge in [-0.2, -0.15) is 0 Å². The molecule has 1 aromatic rings. The average molecular weight is 288 g/mol. The SMILES string of the molecule is CC1(C)C(=O)NC(=O)CN1C(=O)C=Cc1ccc(O)cc1. The Labute approximate surface area is 122 Å². The molecule has 1 aromatic carbocycles. The summed E-state index contributed by atoms with van der Waals surface area (Å²) in [5, 5.41) is 11.4. The molecule has 1 aliphatic heterocycles. The molecule has 6 heteroatoms. The molecule has 0 spiro atoms. The average Bonchev–Trinajstić information content (AvgIpc) is 2.42. The molecule has 0 saturated carbocycles. The molecule has 1 aliphatic rings. The maximum absolute atomic E-state index is 12.2. The van der Waals surface area contributed by atoms with Crippen molar-refractivity contribution in [2.45, 2.75) is 19.4 Å². The van der Waals surface area contributed by atoms with Gasteiger partial charge in [0.1, 0.15) is 17.8 Å². The highest BCUT2D eigenvalue weighted by atomic mass is 16.3. The fraction of sp³-hybridized carbons (Fsp3) is 0.267. The Balaban J connectivity index is 2.16. The van der Waals surface area contributed by atoms with Gasteiger partial charge in [0.05, 0.1) is 0 Å². The van der Waals surface area contributed by atoms with E-state index < -0.39 is 23.3 Å². The zero-order valence-electron chi connectivity index (χ0n) is 11.8.